The Kier molecular flexibility index (Phi) is 7.79. The van der Waals surface area contributed by atoms with E-state index in [0.29, 0.717) is 11.3 Å². The smallest absolute Gasteiger partial charge is 0.264 e. The number of amides is 1. The summed E-state index contributed by atoms with van der Waals surface area (Å²) in [6.07, 6.45) is 0. The highest BCUT2D eigenvalue weighted by atomic mass is 32.2. The van der Waals surface area contributed by atoms with Crippen molar-refractivity contribution in [3.63, 3.8) is 0 Å². The maximum atomic E-state index is 13.5. The topological polar surface area (TPSA) is 66.5 Å². The highest BCUT2D eigenvalue weighted by Crippen LogP contribution is 2.26. The van der Waals surface area contributed by atoms with Gasteiger partial charge in [-0.25, -0.2) is 8.42 Å². The molecule has 0 aliphatic rings. The Balaban J connectivity index is 1.54. The van der Waals surface area contributed by atoms with Crippen molar-refractivity contribution in [3.05, 3.63) is 130 Å². The van der Waals surface area contributed by atoms with Crippen LogP contribution >= 0.6 is 0 Å². The third kappa shape index (κ3) is 5.92. The number of carbonyl (C=O) groups excluding carboxylic acids is 1. The summed E-state index contributed by atoms with van der Waals surface area (Å²) in [5.41, 5.74) is 6.54. The summed E-state index contributed by atoms with van der Waals surface area (Å²) in [4.78, 5) is 13.2. The number of hydrogen-bond donors (Lipinski definition) is 1. The SMILES string of the molecule is Cc1cc(C)c(C(C)NC(=O)c2ccc(CN(c3ccccc3)S(=O)(=O)c3ccccc3)cc2)cc1C. The van der Waals surface area contributed by atoms with Crippen LogP contribution in [0.5, 0.6) is 0 Å². The quantitative estimate of drug-likeness (QED) is 0.293. The van der Waals surface area contributed by atoms with E-state index in [9.17, 15) is 13.2 Å². The van der Waals surface area contributed by atoms with E-state index in [0.717, 1.165) is 16.7 Å². The van der Waals surface area contributed by atoms with E-state index in [1.807, 2.05) is 25.1 Å². The molecule has 5 nitrogen and oxygen atoms in total. The molecule has 6 heteroatoms. The predicted octanol–water partition coefficient (Wildman–Crippen LogP) is 6.50. The minimum absolute atomic E-state index is 0.140. The van der Waals surface area contributed by atoms with E-state index in [2.05, 4.69) is 38.2 Å². The Morgan fingerprint density at radius 1 is 0.784 bits per heavy atom. The van der Waals surface area contributed by atoms with E-state index >= 15 is 0 Å². The van der Waals surface area contributed by atoms with Crippen LogP contribution in [-0.4, -0.2) is 14.3 Å². The molecule has 1 N–H and O–H groups in total. The van der Waals surface area contributed by atoms with Crippen molar-refractivity contribution in [3.8, 4) is 0 Å². The van der Waals surface area contributed by atoms with Crippen LogP contribution in [0.2, 0.25) is 0 Å². The monoisotopic (exact) mass is 512 g/mol. The second-order valence-electron chi connectivity index (χ2n) is 9.35. The molecular weight excluding hydrogens is 480 g/mol. The van der Waals surface area contributed by atoms with Crippen LogP contribution in [0.15, 0.2) is 102 Å². The van der Waals surface area contributed by atoms with Gasteiger partial charge in [0.25, 0.3) is 15.9 Å². The maximum Gasteiger partial charge on any atom is 0.264 e. The van der Waals surface area contributed by atoms with Gasteiger partial charge < -0.3 is 5.32 Å². The van der Waals surface area contributed by atoms with Crippen molar-refractivity contribution in [2.24, 2.45) is 0 Å². The number of hydrogen-bond acceptors (Lipinski definition) is 3. The number of nitrogens with one attached hydrogen (secondary N) is 1. The average molecular weight is 513 g/mol. The first-order valence-corrected chi connectivity index (χ1v) is 13.7. The lowest BCUT2D eigenvalue weighted by molar-refractivity contribution is 0.0939. The van der Waals surface area contributed by atoms with Crippen molar-refractivity contribution >= 4 is 21.6 Å². The third-order valence-electron chi connectivity index (χ3n) is 6.61. The van der Waals surface area contributed by atoms with Gasteiger partial charge in [-0.2, -0.15) is 0 Å². The molecule has 1 amide bonds. The highest BCUT2D eigenvalue weighted by Gasteiger charge is 2.25. The molecule has 0 spiro atoms. The first-order chi connectivity index (χ1) is 17.7. The van der Waals surface area contributed by atoms with Crippen molar-refractivity contribution < 1.29 is 13.2 Å². The standard InChI is InChI=1S/C31H32N2O3S/c1-22-19-24(3)30(20-23(22)2)25(4)32-31(34)27-17-15-26(16-18-27)21-33(28-11-7-5-8-12-28)37(35,36)29-13-9-6-10-14-29/h5-20,25H,21H2,1-4H3,(H,32,34). The second kappa shape index (κ2) is 11.0. The number of aryl methyl sites for hydroxylation is 3. The summed E-state index contributed by atoms with van der Waals surface area (Å²) >= 11 is 0. The minimum atomic E-state index is -3.78. The fraction of sp³-hybridized carbons (Fsp3) is 0.194. The van der Waals surface area contributed by atoms with Crippen LogP contribution in [-0.2, 0) is 16.6 Å². The van der Waals surface area contributed by atoms with Crippen LogP contribution in [0.25, 0.3) is 0 Å². The van der Waals surface area contributed by atoms with Crippen molar-refractivity contribution in [2.45, 2.75) is 45.2 Å². The van der Waals surface area contributed by atoms with Crippen LogP contribution < -0.4 is 9.62 Å². The Labute approximate surface area is 219 Å². The fourth-order valence-electron chi connectivity index (χ4n) is 4.36. The third-order valence-corrected chi connectivity index (χ3v) is 8.40. The molecule has 1 unspecified atom stereocenters. The van der Waals surface area contributed by atoms with Gasteiger partial charge in [0.15, 0.2) is 0 Å². The summed E-state index contributed by atoms with van der Waals surface area (Å²) < 4.78 is 28.4. The molecule has 4 aromatic carbocycles. The molecule has 37 heavy (non-hydrogen) atoms. The second-order valence-corrected chi connectivity index (χ2v) is 11.2. The van der Waals surface area contributed by atoms with E-state index < -0.39 is 10.0 Å². The largest absolute Gasteiger partial charge is 0.346 e. The average Bonchev–Trinajstić information content (AvgIpc) is 2.90. The molecule has 4 aromatic rings. The molecule has 0 aliphatic carbocycles. The summed E-state index contributed by atoms with van der Waals surface area (Å²) in [6.45, 7) is 8.33. The van der Waals surface area contributed by atoms with Gasteiger partial charge >= 0.3 is 0 Å². The lowest BCUT2D eigenvalue weighted by Crippen LogP contribution is -2.30. The Bertz CT molecular complexity index is 1480. The number of benzene rings is 4. The van der Waals surface area contributed by atoms with E-state index in [-0.39, 0.29) is 23.4 Å². The molecule has 0 radical (unpaired) electrons. The van der Waals surface area contributed by atoms with Crippen LogP contribution in [0.3, 0.4) is 0 Å². The molecule has 0 aromatic heterocycles. The first-order valence-electron chi connectivity index (χ1n) is 12.3. The lowest BCUT2D eigenvalue weighted by atomic mass is 9.96. The van der Waals surface area contributed by atoms with Crippen molar-refractivity contribution in [2.75, 3.05) is 4.31 Å². The number of anilines is 1. The van der Waals surface area contributed by atoms with E-state index in [4.69, 9.17) is 0 Å². The number of nitrogens with zero attached hydrogens (tertiary/aromatic N) is 1. The molecule has 0 aliphatic heterocycles. The molecule has 190 valence electrons. The molecule has 1 atom stereocenters. The minimum Gasteiger partial charge on any atom is -0.346 e. The van der Waals surface area contributed by atoms with E-state index in [1.165, 1.54) is 15.4 Å². The Morgan fingerprint density at radius 3 is 1.97 bits per heavy atom. The molecule has 0 saturated heterocycles. The number of sulfonamides is 1. The zero-order valence-electron chi connectivity index (χ0n) is 21.6. The summed E-state index contributed by atoms with van der Waals surface area (Å²) in [7, 11) is -3.78. The van der Waals surface area contributed by atoms with Crippen molar-refractivity contribution in [1.29, 1.82) is 0 Å². The predicted molar refractivity (Wildman–Crippen MR) is 149 cm³/mol. The molecular formula is C31H32N2O3S. The lowest BCUT2D eigenvalue weighted by Gasteiger charge is -2.25. The zero-order valence-corrected chi connectivity index (χ0v) is 22.4. The van der Waals surface area contributed by atoms with Gasteiger partial charge in [-0.15, -0.1) is 0 Å². The van der Waals surface area contributed by atoms with Crippen LogP contribution in [0.4, 0.5) is 5.69 Å². The van der Waals surface area contributed by atoms with Gasteiger partial charge in [-0.1, -0.05) is 60.7 Å². The molecule has 0 saturated carbocycles. The van der Waals surface area contributed by atoms with Gasteiger partial charge in [0.05, 0.1) is 23.2 Å². The highest BCUT2D eigenvalue weighted by molar-refractivity contribution is 7.92. The summed E-state index contributed by atoms with van der Waals surface area (Å²) in [5.74, 6) is -0.173. The summed E-state index contributed by atoms with van der Waals surface area (Å²) in [5, 5.41) is 3.09. The number of rotatable bonds is 8. The van der Waals surface area contributed by atoms with Gasteiger partial charge in [0, 0.05) is 5.56 Å². The number of carbonyl (C=O) groups is 1. The molecule has 0 bridgehead atoms. The first kappa shape index (κ1) is 26.2. The number of para-hydroxylation sites is 1. The summed E-state index contributed by atoms with van der Waals surface area (Å²) in [6, 6.07) is 28.6. The Hall–Kier alpha value is -3.90. The Morgan fingerprint density at radius 2 is 1.35 bits per heavy atom. The van der Waals surface area contributed by atoms with Gasteiger partial charge in [0.2, 0.25) is 0 Å². The van der Waals surface area contributed by atoms with Gasteiger partial charge in [0.1, 0.15) is 0 Å². The maximum absolute atomic E-state index is 13.5. The van der Waals surface area contributed by atoms with Crippen molar-refractivity contribution in [1.82, 2.24) is 5.32 Å². The van der Waals surface area contributed by atoms with E-state index in [1.54, 1.807) is 66.7 Å². The molecule has 0 heterocycles. The molecule has 0 fully saturated rings. The van der Waals surface area contributed by atoms with Crippen LogP contribution in [0.1, 0.15) is 51.1 Å². The van der Waals surface area contributed by atoms with Gasteiger partial charge in [-0.05, 0) is 91.9 Å². The fourth-order valence-corrected chi connectivity index (χ4v) is 5.84. The molecule has 4 rings (SSSR count). The van der Waals surface area contributed by atoms with Crippen LogP contribution in [0, 0.1) is 20.8 Å². The zero-order chi connectivity index (χ0) is 26.6. The van der Waals surface area contributed by atoms with Gasteiger partial charge in [-0.3, -0.25) is 9.10 Å². The normalized spacial score (nSPS) is 12.1.